The predicted molar refractivity (Wildman–Crippen MR) is 103 cm³/mol. The van der Waals surface area contributed by atoms with Crippen LogP contribution >= 0.6 is 0 Å². The summed E-state index contributed by atoms with van der Waals surface area (Å²) in [5, 5.41) is 15.4. The molecule has 0 spiro atoms. The molecule has 1 aromatic carbocycles. The van der Waals surface area contributed by atoms with Crippen molar-refractivity contribution in [1.82, 2.24) is 14.6 Å². The Morgan fingerprint density at radius 1 is 1.23 bits per heavy atom. The number of nitrogens with zero attached hydrogens (tertiary/aromatic N) is 3. The van der Waals surface area contributed by atoms with Gasteiger partial charge < -0.3 is 16.2 Å². The van der Waals surface area contributed by atoms with Gasteiger partial charge in [-0.15, -0.1) is 5.10 Å². The minimum atomic E-state index is -0.833. The highest BCUT2D eigenvalue weighted by Gasteiger charge is 2.08. The standard InChI is InChI=1S/C17H21N5.C2H4O2/c1-2-3-10-19-16-8-9-17-20-12-15(22(17)21-16)14-6-4-13(11-18)5-7-14;1-2(3)4/h4-9,12H,2-3,10-11,18H2,1H3,(H,19,21);1H3,(H,3,4). The van der Waals surface area contributed by atoms with Gasteiger partial charge in [-0.25, -0.2) is 9.50 Å². The number of benzene rings is 1. The van der Waals surface area contributed by atoms with Crippen LogP contribution in [-0.2, 0) is 11.3 Å². The monoisotopic (exact) mass is 355 g/mol. The van der Waals surface area contributed by atoms with Crippen molar-refractivity contribution in [3.8, 4) is 11.3 Å². The predicted octanol–water partition coefficient (Wildman–Crippen LogP) is 3.16. The Morgan fingerprint density at radius 2 is 1.92 bits per heavy atom. The molecule has 0 aliphatic carbocycles. The molecule has 3 rings (SSSR count). The molecule has 0 fully saturated rings. The molecule has 0 aliphatic rings. The lowest BCUT2D eigenvalue weighted by molar-refractivity contribution is -0.134. The van der Waals surface area contributed by atoms with Gasteiger partial charge in [0.05, 0.1) is 11.9 Å². The second-order valence-corrected chi connectivity index (χ2v) is 5.83. The largest absolute Gasteiger partial charge is 0.481 e. The average molecular weight is 355 g/mol. The molecule has 0 saturated heterocycles. The van der Waals surface area contributed by atoms with Gasteiger partial charge in [0.25, 0.3) is 5.97 Å². The van der Waals surface area contributed by atoms with Crippen molar-refractivity contribution in [3.63, 3.8) is 0 Å². The van der Waals surface area contributed by atoms with E-state index in [4.69, 9.17) is 15.6 Å². The van der Waals surface area contributed by atoms with E-state index in [2.05, 4.69) is 34.5 Å². The van der Waals surface area contributed by atoms with Gasteiger partial charge in [0.15, 0.2) is 5.65 Å². The number of carbonyl (C=O) groups is 1. The lowest BCUT2D eigenvalue weighted by Crippen LogP contribution is -2.05. The summed E-state index contributed by atoms with van der Waals surface area (Å²) in [5.74, 6) is 0.0405. The van der Waals surface area contributed by atoms with Crippen molar-refractivity contribution in [2.45, 2.75) is 33.2 Å². The highest BCUT2D eigenvalue weighted by molar-refractivity contribution is 5.64. The summed E-state index contributed by atoms with van der Waals surface area (Å²) in [5.41, 5.74) is 9.68. The zero-order valence-electron chi connectivity index (χ0n) is 15.1. The summed E-state index contributed by atoms with van der Waals surface area (Å²) in [7, 11) is 0. The van der Waals surface area contributed by atoms with Crippen LogP contribution in [0.25, 0.3) is 16.9 Å². The van der Waals surface area contributed by atoms with Crippen molar-refractivity contribution in [1.29, 1.82) is 0 Å². The molecular formula is C19H25N5O2. The molecule has 7 nitrogen and oxygen atoms in total. The maximum absolute atomic E-state index is 9.00. The molecule has 138 valence electrons. The molecule has 7 heteroatoms. The molecule has 0 aliphatic heterocycles. The Labute approximate surface area is 152 Å². The number of hydrogen-bond acceptors (Lipinski definition) is 5. The van der Waals surface area contributed by atoms with Gasteiger partial charge in [0, 0.05) is 25.6 Å². The van der Waals surface area contributed by atoms with Gasteiger partial charge in [-0.3, -0.25) is 4.79 Å². The number of rotatable bonds is 6. The van der Waals surface area contributed by atoms with E-state index in [0.29, 0.717) is 6.54 Å². The first-order chi connectivity index (χ1) is 12.5. The van der Waals surface area contributed by atoms with Crippen LogP contribution in [0.1, 0.15) is 32.3 Å². The van der Waals surface area contributed by atoms with Gasteiger partial charge in [0.1, 0.15) is 5.82 Å². The van der Waals surface area contributed by atoms with Crippen LogP contribution in [0.4, 0.5) is 5.82 Å². The van der Waals surface area contributed by atoms with E-state index in [-0.39, 0.29) is 0 Å². The number of aliphatic carboxylic acids is 1. The first-order valence-electron chi connectivity index (χ1n) is 8.62. The minimum absolute atomic E-state index is 0.553. The number of fused-ring (bicyclic) bond motifs is 1. The quantitative estimate of drug-likeness (QED) is 0.587. The van der Waals surface area contributed by atoms with Crippen LogP contribution < -0.4 is 11.1 Å². The third-order valence-corrected chi connectivity index (χ3v) is 3.68. The summed E-state index contributed by atoms with van der Waals surface area (Å²) in [6, 6.07) is 12.2. The molecular weight excluding hydrogens is 330 g/mol. The maximum Gasteiger partial charge on any atom is 0.300 e. The number of hydrogen-bond donors (Lipinski definition) is 3. The second kappa shape index (κ2) is 9.53. The number of nitrogens with one attached hydrogen (secondary N) is 1. The molecule has 3 aromatic rings. The van der Waals surface area contributed by atoms with Crippen molar-refractivity contribution >= 4 is 17.4 Å². The van der Waals surface area contributed by atoms with Crippen molar-refractivity contribution < 1.29 is 9.90 Å². The Balaban J connectivity index is 0.000000552. The van der Waals surface area contributed by atoms with E-state index in [0.717, 1.165) is 48.2 Å². The first-order valence-corrected chi connectivity index (χ1v) is 8.62. The average Bonchev–Trinajstić information content (AvgIpc) is 3.05. The Morgan fingerprint density at radius 3 is 2.54 bits per heavy atom. The fourth-order valence-electron chi connectivity index (χ4n) is 2.37. The number of unbranched alkanes of at least 4 members (excludes halogenated alkanes) is 1. The summed E-state index contributed by atoms with van der Waals surface area (Å²) >= 11 is 0. The number of nitrogens with two attached hydrogens (primary N) is 1. The van der Waals surface area contributed by atoms with E-state index >= 15 is 0 Å². The van der Waals surface area contributed by atoms with Gasteiger partial charge >= 0.3 is 0 Å². The van der Waals surface area contributed by atoms with Crippen molar-refractivity contribution in [2.75, 3.05) is 11.9 Å². The second-order valence-electron chi connectivity index (χ2n) is 5.83. The van der Waals surface area contributed by atoms with Crippen molar-refractivity contribution in [2.24, 2.45) is 5.73 Å². The van der Waals surface area contributed by atoms with E-state index < -0.39 is 5.97 Å². The zero-order chi connectivity index (χ0) is 18.9. The summed E-state index contributed by atoms with van der Waals surface area (Å²) < 4.78 is 1.88. The molecule has 26 heavy (non-hydrogen) atoms. The molecule has 0 saturated carbocycles. The van der Waals surface area contributed by atoms with Gasteiger partial charge in [-0.1, -0.05) is 37.6 Å². The molecule has 4 N–H and O–H groups in total. The van der Waals surface area contributed by atoms with E-state index in [1.54, 1.807) is 0 Å². The van der Waals surface area contributed by atoms with Crippen molar-refractivity contribution in [3.05, 3.63) is 48.2 Å². The lowest BCUT2D eigenvalue weighted by Gasteiger charge is -2.07. The Kier molecular flexibility index (Phi) is 7.11. The minimum Gasteiger partial charge on any atom is -0.481 e. The fraction of sp³-hybridized carbons (Fsp3) is 0.316. The summed E-state index contributed by atoms with van der Waals surface area (Å²) in [6.07, 6.45) is 4.16. The SMILES string of the molecule is CC(=O)O.CCCCNc1ccc2ncc(-c3ccc(CN)cc3)n2n1. The fourth-order valence-corrected chi connectivity index (χ4v) is 2.37. The van der Waals surface area contributed by atoms with Crippen LogP contribution in [0, 0.1) is 0 Å². The maximum atomic E-state index is 9.00. The van der Waals surface area contributed by atoms with Gasteiger partial charge in [-0.05, 0) is 24.1 Å². The molecule has 0 unspecified atom stereocenters. The lowest BCUT2D eigenvalue weighted by atomic mass is 10.1. The number of imidazole rings is 1. The smallest absolute Gasteiger partial charge is 0.300 e. The number of carboxylic acid groups (broad SMARTS) is 1. The van der Waals surface area contributed by atoms with Gasteiger partial charge in [0.2, 0.25) is 0 Å². The van der Waals surface area contributed by atoms with Crippen LogP contribution in [0.2, 0.25) is 0 Å². The number of aromatic nitrogens is 3. The third-order valence-electron chi connectivity index (χ3n) is 3.68. The molecule has 0 radical (unpaired) electrons. The van der Waals surface area contributed by atoms with Crippen LogP contribution in [0.15, 0.2) is 42.6 Å². The third kappa shape index (κ3) is 5.29. The van der Waals surface area contributed by atoms with Crippen LogP contribution in [-0.4, -0.2) is 32.2 Å². The first kappa shape index (κ1) is 19.4. The summed E-state index contributed by atoms with van der Waals surface area (Å²) in [6.45, 7) is 4.75. The number of anilines is 1. The topological polar surface area (TPSA) is 106 Å². The van der Waals surface area contributed by atoms with Crippen LogP contribution in [0.5, 0.6) is 0 Å². The zero-order valence-corrected chi connectivity index (χ0v) is 15.1. The summed E-state index contributed by atoms with van der Waals surface area (Å²) in [4.78, 5) is 13.4. The highest BCUT2D eigenvalue weighted by atomic mass is 16.4. The number of carboxylic acids is 1. The van der Waals surface area contributed by atoms with E-state index in [1.165, 1.54) is 6.42 Å². The highest BCUT2D eigenvalue weighted by Crippen LogP contribution is 2.21. The van der Waals surface area contributed by atoms with E-state index in [1.807, 2.05) is 35.0 Å². The molecule has 0 bridgehead atoms. The molecule has 2 heterocycles. The van der Waals surface area contributed by atoms with E-state index in [9.17, 15) is 0 Å². The Hall–Kier alpha value is -2.93. The normalized spacial score (nSPS) is 10.3. The van der Waals surface area contributed by atoms with Gasteiger partial charge in [-0.2, -0.15) is 0 Å². The molecule has 0 amide bonds. The Bertz CT molecular complexity index is 839. The molecule has 0 atom stereocenters. The molecule has 2 aromatic heterocycles. The van der Waals surface area contributed by atoms with Crippen LogP contribution in [0.3, 0.4) is 0 Å².